The van der Waals surface area contributed by atoms with Crippen LogP contribution >= 0.6 is 0 Å². The fraction of sp³-hybridized carbons (Fsp3) is 0.321. The van der Waals surface area contributed by atoms with Crippen LogP contribution in [0, 0.1) is 5.92 Å². The number of pyridine rings is 2. The number of piperidine rings is 1. The topological polar surface area (TPSA) is 41.4 Å². The van der Waals surface area contributed by atoms with Crippen LogP contribution in [0.1, 0.15) is 43.5 Å². The van der Waals surface area contributed by atoms with Crippen LogP contribution in [-0.4, -0.2) is 39.7 Å². The van der Waals surface area contributed by atoms with E-state index in [-0.39, 0.29) is 0 Å². The number of benzene rings is 2. The number of aliphatic imine (C=N–C) groups is 1. The monoisotopic (exact) mass is 420 g/mol. The average molecular weight is 421 g/mol. The van der Waals surface area contributed by atoms with Crippen molar-refractivity contribution in [1.29, 1.82) is 0 Å². The van der Waals surface area contributed by atoms with Crippen LogP contribution in [0.3, 0.4) is 0 Å². The molecule has 0 unspecified atom stereocenters. The average Bonchev–Trinajstić information content (AvgIpc) is 3.27. The van der Waals surface area contributed by atoms with Gasteiger partial charge in [-0.05, 0) is 49.8 Å². The summed E-state index contributed by atoms with van der Waals surface area (Å²) in [6.07, 6.45) is 7.67. The highest BCUT2D eigenvalue weighted by molar-refractivity contribution is 6.03. The maximum atomic E-state index is 5.10. The molecule has 1 saturated carbocycles. The van der Waals surface area contributed by atoms with Crippen molar-refractivity contribution in [1.82, 2.24) is 14.9 Å². The zero-order valence-electron chi connectivity index (χ0n) is 18.4. The molecule has 1 aliphatic heterocycles. The van der Waals surface area contributed by atoms with E-state index in [9.17, 15) is 0 Å². The second kappa shape index (κ2) is 8.10. The maximum Gasteiger partial charge on any atom is 0.0972 e. The quantitative estimate of drug-likeness (QED) is 0.309. The van der Waals surface area contributed by atoms with Gasteiger partial charge in [-0.2, -0.15) is 0 Å². The van der Waals surface area contributed by atoms with E-state index in [2.05, 4.69) is 77.5 Å². The molecule has 160 valence electrons. The SMILES string of the molecule is C[C@@H](c1ccccc1)N1C[C@@H](N=Cc2ccc3ccc4cccnc4c3n2)[C@@H]2CC[C@H]1C2. The minimum atomic E-state index is 0.336. The Balaban J connectivity index is 1.28. The Morgan fingerprint density at radius 3 is 2.62 bits per heavy atom. The van der Waals surface area contributed by atoms with E-state index in [0.29, 0.717) is 24.0 Å². The Morgan fingerprint density at radius 1 is 0.938 bits per heavy atom. The summed E-state index contributed by atoms with van der Waals surface area (Å²) < 4.78 is 0. The van der Waals surface area contributed by atoms with Gasteiger partial charge in [0.1, 0.15) is 0 Å². The molecule has 4 aromatic rings. The summed E-state index contributed by atoms with van der Waals surface area (Å²) in [5.74, 6) is 0.693. The van der Waals surface area contributed by atoms with Crippen LogP contribution in [0.25, 0.3) is 21.8 Å². The highest BCUT2D eigenvalue weighted by Crippen LogP contribution is 2.41. The molecular weight excluding hydrogens is 392 g/mol. The van der Waals surface area contributed by atoms with E-state index in [1.54, 1.807) is 0 Å². The van der Waals surface area contributed by atoms with Crippen molar-refractivity contribution in [3.8, 4) is 0 Å². The molecule has 3 heterocycles. The van der Waals surface area contributed by atoms with E-state index < -0.39 is 0 Å². The molecule has 32 heavy (non-hydrogen) atoms. The molecule has 4 atom stereocenters. The third-order valence-corrected chi connectivity index (χ3v) is 7.49. The van der Waals surface area contributed by atoms with Crippen LogP contribution in [0.15, 0.2) is 77.9 Å². The minimum Gasteiger partial charge on any atom is -0.292 e. The second-order valence-electron chi connectivity index (χ2n) is 9.30. The molecule has 4 nitrogen and oxygen atoms in total. The zero-order valence-corrected chi connectivity index (χ0v) is 18.4. The fourth-order valence-corrected chi connectivity index (χ4v) is 5.71. The molecule has 6 rings (SSSR count). The van der Waals surface area contributed by atoms with Gasteiger partial charge < -0.3 is 0 Å². The van der Waals surface area contributed by atoms with Crippen LogP contribution in [0.5, 0.6) is 0 Å². The summed E-state index contributed by atoms with van der Waals surface area (Å²) in [7, 11) is 0. The molecule has 2 aliphatic rings. The lowest BCUT2D eigenvalue weighted by atomic mass is 9.92. The van der Waals surface area contributed by atoms with E-state index in [1.165, 1.54) is 24.8 Å². The Labute approximate surface area is 189 Å². The van der Waals surface area contributed by atoms with Crippen LogP contribution in [-0.2, 0) is 0 Å². The van der Waals surface area contributed by atoms with Crippen molar-refractivity contribution in [2.45, 2.75) is 44.3 Å². The molecule has 1 aliphatic carbocycles. The molecule has 4 heteroatoms. The summed E-state index contributed by atoms with van der Waals surface area (Å²) in [6.45, 7) is 3.37. The van der Waals surface area contributed by atoms with Gasteiger partial charge in [0.15, 0.2) is 0 Å². The minimum absolute atomic E-state index is 0.336. The lowest BCUT2D eigenvalue weighted by Crippen LogP contribution is -2.46. The highest BCUT2D eigenvalue weighted by atomic mass is 15.2. The van der Waals surface area contributed by atoms with Crippen LogP contribution in [0.2, 0.25) is 0 Å². The number of rotatable bonds is 4. The predicted molar refractivity (Wildman–Crippen MR) is 131 cm³/mol. The van der Waals surface area contributed by atoms with E-state index in [1.807, 2.05) is 18.5 Å². The van der Waals surface area contributed by atoms with Crippen LogP contribution in [0.4, 0.5) is 0 Å². The molecule has 0 spiro atoms. The van der Waals surface area contributed by atoms with E-state index >= 15 is 0 Å². The van der Waals surface area contributed by atoms with E-state index in [0.717, 1.165) is 34.0 Å². The first kappa shape index (κ1) is 19.6. The van der Waals surface area contributed by atoms with Gasteiger partial charge in [-0.25, -0.2) is 4.98 Å². The third-order valence-electron chi connectivity index (χ3n) is 7.49. The predicted octanol–water partition coefficient (Wildman–Crippen LogP) is 5.82. The largest absolute Gasteiger partial charge is 0.292 e. The van der Waals surface area contributed by atoms with Gasteiger partial charge in [0.2, 0.25) is 0 Å². The van der Waals surface area contributed by atoms with Crippen molar-refractivity contribution in [2.75, 3.05) is 6.54 Å². The standard InChI is InChI=1S/C28H28N4/c1-19(20-6-3-2-4-7-20)32-18-26(23-12-14-25(32)16-23)30-17-24-13-11-22-10-9-21-8-5-15-29-27(21)28(22)31-24/h2-11,13,15,17,19,23,25-26H,12,14,16,18H2,1H3/t19-,23+,25-,26+/m0/s1. The summed E-state index contributed by atoms with van der Waals surface area (Å²) in [4.78, 5) is 17.3. The zero-order chi connectivity index (χ0) is 21.5. The van der Waals surface area contributed by atoms with Crippen molar-refractivity contribution in [3.63, 3.8) is 0 Å². The van der Waals surface area contributed by atoms with Gasteiger partial charge in [0, 0.05) is 41.8 Å². The Kier molecular flexibility index (Phi) is 4.95. The molecule has 0 amide bonds. The van der Waals surface area contributed by atoms with Crippen molar-refractivity contribution >= 4 is 28.0 Å². The molecule has 2 aromatic carbocycles. The molecule has 1 saturated heterocycles. The summed E-state index contributed by atoms with van der Waals surface area (Å²) in [5, 5.41) is 2.24. The summed E-state index contributed by atoms with van der Waals surface area (Å²) in [5.41, 5.74) is 4.23. The molecule has 2 fully saturated rings. The maximum absolute atomic E-state index is 5.10. The molecular formula is C28H28N4. The first-order chi connectivity index (χ1) is 15.8. The normalized spacial score (nSPS) is 24.5. The first-order valence-electron chi connectivity index (χ1n) is 11.7. The Hall–Kier alpha value is -3.11. The first-order valence-corrected chi connectivity index (χ1v) is 11.7. The summed E-state index contributed by atoms with van der Waals surface area (Å²) >= 11 is 0. The van der Waals surface area contributed by atoms with Crippen molar-refractivity contribution < 1.29 is 0 Å². The van der Waals surface area contributed by atoms with Crippen molar-refractivity contribution in [2.24, 2.45) is 10.9 Å². The third kappa shape index (κ3) is 3.49. The Bertz CT molecular complexity index is 1280. The van der Waals surface area contributed by atoms with Gasteiger partial charge in [0.25, 0.3) is 0 Å². The molecule has 0 N–H and O–H groups in total. The van der Waals surface area contributed by atoms with Gasteiger partial charge in [-0.15, -0.1) is 0 Å². The van der Waals surface area contributed by atoms with Crippen LogP contribution < -0.4 is 0 Å². The fourth-order valence-electron chi connectivity index (χ4n) is 5.71. The van der Waals surface area contributed by atoms with Gasteiger partial charge in [-0.1, -0.05) is 54.6 Å². The number of hydrogen-bond donors (Lipinski definition) is 0. The highest BCUT2D eigenvalue weighted by Gasteiger charge is 2.41. The number of fused-ring (bicyclic) bond motifs is 5. The van der Waals surface area contributed by atoms with Gasteiger partial charge in [0.05, 0.1) is 22.8 Å². The number of hydrogen-bond acceptors (Lipinski definition) is 4. The molecule has 2 aromatic heterocycles. The van der Waals surface area contributed by atoms with Gasteiger partial charge in [-0.3, -0.25) is 14.9 Å². The second-order valence-corrected chi connectivity index (χ2v) is 9.30. The number of aromatic nitrogens is 2. The van der Waals surface area contributed by atoms with Crippen molar-refractivity contribution in [3.05, 3.63) is 84.2 Å². The summed E-state index contributed by atoms with van der Waals surface area (Å²) in [6, 6.07) is 24.8. The van der Waals surface area contributed by atoms with E-state index in [4.69, 9.17) is 9.98 Å². The Morgan fingerprint density at radius 2 is 1.75 bits per heavy atom. The number of likely N-dealkylation sites (tertiary alicyclic amines) is 1. The van der Waals surface area contributed by atoms with Gasteiger partial charge >= 0.3 is 0 Å². The molecule has 0 radical (unpaired) electrons. The number of nitrogens with zero attached hydrogens (tertiary/aromatic N) is 4. The smallest absolute Gasteiger partial charge is 0.0972 e. The molecule has 2 bridgehead atoms. The lowest BCUT2D eigenvalue weighted by Gasteiger charge is -2.41. The lowest BCUT2D eigenvalue weighted by molar-refractivity contribution is 0.0977.